The van der Waals surface area contributed by atoms with Crippen LogP contribution in [0.25, 0.3) is 20.2 Å². The quantitative estimate of drug-likeness (QED) is 0.364. The molecule has 0 aliphatic carbocycles. The third kappa shape index (κ3) is 1.38. The third-order valence-corrected chi connectivity index (χ3v) is 3.37. The number of fused-ring (bicyclic) bond motifs is 3. The van der Waals surface area contributed by atoms with E-state index in [1.165, 1.54) is 20.2 Å². The van der Waals surface area contributed by atoms with Crippen molar-refractivity contribution in [3.63, 3.8) is 0 Å². The molecule has 0 saturated carbocycles. The summed E-state index contributed by atoms with van der Waals surface area (Å²) in [4.78, 5) is 0. The van der Waals surface area contributed by atoms with Crippen molar-refractivity contribution >= 4 is 31.5 Å². The topological polar surface area (TPSA) is 0 Å². The Labute approximate surface area is 98.7 Å². The number of rotatable bonds is 0. The minimum absolute atomic E-state index is 0. The Morgan fingerprint density at radius 1 is 0.929 bits per heavy atom. The van der Waals surface area contributed by atoms with E-state index >= 15 is 0 Å². The van der Waals surface area contributed by atoms with Gasteiger partial charge >= 0.3 is 18.9 Å². The van der Waals surface area contributed by atoms with E-state index in [1.807, 2.05) is 17.4 Å². The molecule has 14 heavy (non-hydrogen) atoms. The summed E-state index contributed by atoms with van der Waals surface area (Å²) >= 11 is 1.84. The molecule has 3 rings (SSSR count). The third-order valence-electron chi connectivity index (χ3n) is 2.22. The molecule has 1 heterocycles. The molecular weight excluding hydrogens is 183 g/mol. The number of hydrogen-bond acceptors (Lipinski definition) is 1. The monoisotopic (exact) mass is 190 g/mol. The predicted molar refractivity (Wildman–Crippen MR) is 58.2 cm³/mol. The van der Waals surface area contributed by atoms with Crippen molar-refractivity contribution in [1.82, 2.24) is 0 Å². The van der Waals surface area contributed by atoms with E-state index in [0.29, 0.717) is 0 Å². The largest absolute Gasteiger partial charge is 1.00 e. The van der Waals surface area contributed by atoms with Crippen molar-refractivity contribution in [2.45, 2.75) is 0 Å². The van der Waals surface area contributed by atoms with Gasteiger partial charge in [-0.1, -0.05) is 28.3 Å². The van der Waals surface area contributed by atoms with Crippen molar-refractivity contribution in [2.75, 3.05) is 0 Å². The van der Waals surface area contributed by atoms with Crippen LogP contribution >= 0.6 is 11.3 Å². The molecule has 0 amide bonds. The summed E-state index contributed by atoms with van der Waals surface area (Å²) in [5.41, 5.74) is 0. The molecule has 0 aliphatic rings. The molecule has 0 aliphatic heterocycles. The Bertz CT molecular complexity index is 518. The van der Waals surface area contributed by atoms with Gasteiger partial charge in [-0.2, -0.15) is 35.6 Å². The fraction of sp³-hybridized carbons (Fsp3) is 0. The summed E-state index contributed by atoms with van der Waals surface area (Å²) in [6.45, 7) is 0. The van der Waals surface area contributed by atoms with Gasteiger partial charge < -0.3 is 0 Å². The Kier molecular flexibility index (Phi) is 2.65. The van der Waals surface area contributed by atoms with Crippen LogP contribution in [0.3, 0.4) is 0 Å². The van der Waals surface area contributed by atoms with Gasteiger partial charge in [0.1, 0.15) is 0 Å². The first-order chi connectivity index (χ1) is 6.45. The maximum absolute atomic E-state index is 3.12. The van der Waals surface area contributed by atoms with Gasteiger partial charge in [0.15, 0.2) is 0 Å². The zero-order chi connectivity index (χ0) is 8.67. The predicted octanol–water partition coefficient (Wildman–Crippen LogP) is 0.859. The van der Waals surface area contributed by atoms with Crippen molar-refractivity contribution in [3.8, 4) is 0 Å². The SMILES string of the molecule is [Li+].[c-]1ccc2sc3ccccc3c2c1. The Morgan fingerprint density at radius 3 is 2.64 bits per heavy atom. The van der Waals surface area contributed by atoms with Gasteiger partial charge in [-0.3, -0.25) is 0 Å². The van der Waals surface area contributed by atoms with E-state index < -0.39 is 0 Å². The number of thiophene rings is 1. The van der Waals surface area contributed by atoms with E-state index in [1.54, 1.807) is 0 Å². The zero-order valence-corrected chi connectivity index (χ0v) is 8.77. The molecule has 62 valence electrons. The molecule has 0 bridgehead atoms. The number of hydrogen-bond donors (Lipinski definition) is 0. The summed E-state index contributed by atoms with van der Waals surface area (Å²) in [5.74, 6) is 0. The van der Waals surface area contributed by atoms with Crippen molar-refractivity contribution in [1.29, 1.82) is 0 Å². The second kappa shape index (κ2) is 3.79. The van der Waals surface area contributed by atoms with Gasteiger partial charge in [-0.25, -0.2) is 0 Å². The Morgan fingerprint density at radius 2 is 1.71 bits per heavy atom. The van der Waals surface area contributed by atoms with Gasteiger partial charge in [0, 0.05) is 4.70 Å². The summed E-state index contributed by atoms with van der Waals surface area (Å²) in [6.07, 6.45) is 0. The molecule has 0 atom stereocenters. The first kappa shape index (κ1) is 9.80. The van der Waals surface area contributed by atoms with Crippen LogP contribution in [0.1, 0.15) is 0 Å². The fourth-order valence-electron chi connectivity index (χ4n) is 1.61. The van der Waals surface area contributed by atoms with Crippen LogP contribution in [0.2, 0.25) is 0 Å². The smallest absolute Gasteiger partial charge is 0.183 e. The summed E-state index contributed by atoms with van der Waals surface area (Å²) < 4.78 is 2.71. The van der Waals surface area contributed by atoms with Gasteiger partial charge in [0.2, 0.25) is 0 Å². The first-order valence-electron chi connectivity index (χ1n) is 4.22. The molecule has 0 unspecified atom stereocenters. The van der Waals surface area contributed by atoms with Crippen LogP contribution in [0.4, 0.5) is 0 Å². The van der Waals surface area contributed by atoms with Gasteiger partial charge in [0.25, 0.3) is 0 Å². The molecule has 1 aromatic heterocycles. The van der Waals surface area contributed by atoms with E-state index in [4.69, 9.17) is 0 Å². The Hall–Kier alpha value is -0.743. The van der Waals surface area contributed by atoms with Crippen LogP contribution in [0, 0.1) is 6.07 Å². The summed E-state index contributed by atoms with van der Waals surface area (Å²) in [6, 6.07) is 17.8. The van der Waals surface area contributed by atoms with Gasteiger partial charge in [-0.05, 0) is 6.07 Å². The fourth-order valence-corrected chi connectivity index (χ4v) is 2.70. The maximum atomic E-state index is 3.12. The van der Waals surface area contributed by atoms with Crippen LogP contribution in [-0.2, 0) is 0 Å². The Balaban J connectivity index is 0.000000750. The van der Waals surface area contributed by atoms with E-state index in [-0.39, 0.29) is 18.9 Å². The summed E-state index contributed by atoms with van der Waals surface area (Å²) in [7, 11) is 0. The van der Waals surface area contributed by atoms with Gasteiger partial charge in [-0.15, -0.1) is 5.39 Å². The van der Waals surface area contributed by atoms with Crippen molar-refractivity contribution in [3.05, 3.63) is 48.5 Å². The standard InChI is InChI=1S/C12H7S.Li/c1-3-7-11-9(5-1)10-6-2-4-8-12(10)13-11;/h1,3-8H;/q-1;+1. The second-order valence-electron chi connectivity index (χ2n) is 3.02. The molecule has 0 radical (unpaired) electrons. The molecule has 0 fully saturated rings. The average molecular weight is 190 g/mol. The van der Waals surface area contributed by atoms with E-state index in [0.717, 1.165) is 0 Å². The molecule has 0 N–H and O–H groups in total. The molecule has 3 aromatic rings. The molecule has 0 nitrogen and oxygen atoms in total. The molecule has 2 aromatic carbocycles. The van der Waals surface area contributed by atoms with Gasteiger partial charge in [0.05, 0.1) is 0 Å². The average Bonchev–Trinajstić information content (AvgIpc) is 2.56. The summed E-state index contributed by atoms with van der Waals surface area (Å²) in [5, 5.41) is 2.67. The minimum atomic E-state index is 0. The first-order valence-corrected chi connectivity index (χ1v) is 5.04. The van der Waals surface area contributed by atoms with E-state index in [9.17, 15) is 0 Å². The normalized spacial score (nSPS) is 10.3. The zero-order valence-electron chi connectivity index (χ0n) is 7.95. The maximum Gasteiger partial charge on any atom is 1.00 e. The second-order valence-corrected chi connectivity index (χ2v) is 4.10. The molecule has 0 saturated heterocycles. The van der Waals surface area contributed by atoms with Crippen molar-refractivity contribution in [2.24, 2.45) is 0 Å². The molecule has 0 spiro atoms. The van der Waals surface area contributed by atoms with Crippen LogP contribution in [-0.4, -0.2) is 0 Å². The van der Waals surface area contributed by atoms with E-state index in [2.05, 4.69) is 42.5 Å². The van der Waals surface area contributed by atoms with Crippen molar-refractivity contribution < 1.29 is 18.9 Å². The van der Waals surface area contributed by atoms with Crippen LogP contribution in [0.15, 0.2) is 42.5 Å². The van der Waals surface area contributed by atoms with Crippen LogP contribution in [0.5, 0.6) is 0 Å². The minimum Gasteiger partial charge on any atom is -0.183 e. The number of benzene rings is 2. The molecule has 2 heteroatoms. The van der Waals surface area contributed by atoms with Crippen LogP contribution < -0.4 is 18.9 Å². The molecular formula is C12H7LiS.